The average Bonchev–Trinajstić information content (AvgIpc) is 2.75. The maximum Gasteiger partial charge on any atom is 0.263 e. The molecule has 144 valence electrons. The van der Waals surface area contributed by atoms with Crippen LogP contribution < -0.4 is 10.5 Å². The van der Waals surface area contributed by atoms with Crippen molar-refractivity contribution in [2.75, 3.05) is 10.5 Å². The molecular weight excluding hydrogens is 384 g/mol. The fourth-order valence-electron chi connectivity index (χ4n) is 2.89. The predicted molar refractivity (Wildman–Crippen MR) is 115 cm³/mol. The molecule has 6 nitrogen and oxygen atoms in total. The van der Waals surface area contributed by atoms with E-state index >= 15 is 0 Å². The van der Waals surface area contributed by atoms with Crippen LogP contribution in [0.5, 0.6) is 0 Å². The molecule has 0 amide bonds. The highest BCUT2D eigenvalue weighted by atomic mass is 32.2. The number of hydrogen-bond acceptors (Lipinski definition) is 5. The van der Waals surface area contributed by atoms with E-state index in [1.807, 2.05) is 60.7 Å². The van der Waals surface area contributed by atoms with Gasteiger partial charge >= 0.3 is 0 Å². The zero-order valence-electron chi connectivity index (χ0n) is 15.4. The normalized spacial score (nSPS) is 11.2. The molecule has 1 heterocycles. The Balaban J connectivity index is 1.77. The van der Waals surface area contributed by atoms with E-state index in [9.17, 15) is 8.42 Å². The van der Waals surface area contributed by atoms with E-state index in [1.165, 1.54) is 30.5 Å². The first-order chi connectivity index (χ1) is 14.0. The van der Waals surface area contributed by atoms with Gasteiger partial charge in [0, 0.05) is 16.8 Å². The first-order valence-corrected chi connectivity index (χ1v) is 10.4. The van der Waals surface area contributed by atoms with Crippen LogP contribution in [-0.4, -0.2) is 18.4 Å². The first-order valence-electron chi connectivity index (χ1n) is 8.89. The van der Waals surface area contributed by atoms with Crippen molar-refractivity contribution in [1.29, 1.82) is 0 Å². The van der Waals surface area contributed by atoms with Crippen LogP contribution in [0.2, 0.25) is 0 Å². The van der Waals surface area contributed by atoms with E-state index in [-0.39, 0.29) is 10.7 Å². The van der Waals surface area contributed by atoms with Gasteiger partial charge in [-0.1, -0.05) is 60.7 Å². The second kappa shape index (κ2) is 7.73. The van der Waals surface area contributed by atoms with Crippen LogP contribution in [0, 0.1) is 0 Å². The van der Waals surface area contributed by atoms with Gasteiger partial charge in [0.15, 0.2) is 5.82 Å². The van der Waals surface area contributed by atoms with Crippen LogP contribution in [0.3, 0.4) is 0 Å². The highest BCUT2D eigenvalue weighted by Crippen LogP contribution is 2.30. The summed E-state index contributed by atoms with van der Waals surface area (Å²) in [5, 5.41) is 0. The van der Waals surface area contributed by atoms with E-state index in [2.05, 4.69) is 14.7 Å². The Hall–Kier alpha value is -3.71. The maximum absolute atomic E-state index is 12.7. The van der Waals surface area contributed by atoms with Crippen molar-refractivity contribution in [3.05, 3.63) is 91.1 Å². The molecule has 0 aliphatic heterocycles. The molecule has 0 saturated heterocycles. The van der Waals surface area contributed by atoms with Gasteiger partial charge in [-0.05, 0) is 24.3 Å². The zero-order chi connectivity index (χ0) is 20.3. The van der Waals surface area contributed by atoms with Gasteiger partial charge in [0.05, 0.1) is 22.5 Å². The molecule has 0 radical (unpaired) electrons. The molecule has 0 aliphatic carbocycles. The number of anilines is 2. The monoisotopic (exact) mass is 402 g/mol. The summed E-state index contributed by atoms with van der Waals surface area (Å²) in [6, 6.07) is 25.1. The number of sulfonamides is 1. The summed E-state index contributed by atoms with van der Waals surface area (Å²) in [4.78, 5) is 9.18. The van der Waals surface area contributed by atoms with Gasteiger partial charge in [0.2, 0.25) is 0 Å². The number of nitrogen functional groups attached to an aromatic ring is 1. The molecule has 1 aromatic heterocycles. The van der Waals surface area contributed by atoms with Gasteiger partial charge in [-0.2, -0.15) is 0 Å². The minimum atomic E-state index is -3.81. The number of aromatic nitrogens is 2. The number of hydrogen-bond donors (Lipinski definition) is 2. The highest BCUT2D eigenvalue weighted by Gasteiger charge is 2.17. The minimum absolute atomic E-state index is 0.0990. The Morgan fingerprint density at radius 1 is 0.724 bits per heavy atom. The summed E-state index contributed by atoms with van der Waals surface area (Å²) in [7, 11) is -3.81. The fourth-order valence-corrected chi connectivity index (χ4v) is 3.87. The van der Waals surface area contributed by atoms with Crippen molar-refractivity contribution >= 4 is 21.5 Å². The second-order valence-corrected chi connectivity index (χ2v) is 8.04. The van der Waals surface area contributed by atoms with Crippen LogP contribution in [0.25, 0.3) is 22.5 Å². The van der Waals surface area contributed by atoms with Crippen molar-refractivity contribution in [2.24, 2.45) is 0 Å². The molecule has 3 N–H and O–H groups in total. The lowest BCUT2D eigenvalue weighted by molar-refractivity contribution is 0.601. The summed E-state index contributed by atoms with van der Waals surface area (Å²) < 4.78 is 27.9. The van der Waals surface area contributed by atoms with E-state index in [1.54, 1.807) is 0 Å². The van der Waals surface area contributed by atoms with Crippen molar-refractivity contribution in [3.8, 4) is 22.5 Å². The van der Waals surface area contributed by atoms with Crippen molar-refractivity contribution in [2.45, 2.75) is 4.90 Å². The molecule has 3 aromatic carbocycles. The smallest absolute Gasteiger partial charge is 0.263 e. The third-order valence-electron chi connectivity index (χ3n) is 4.30. The third-order valence-corrected chi connectivity index (χ3v) is 5.67. The topological polar surface area (TPSA) is 98.0 Å². The van der Waals surface area contributed by atoms with Crippen LogP contribution in [0.1, 0.15) is 0 Å². The molecule has 4 aromatic rings. The first kappa shape index (κ1) is 18.6. The predicted octanol–water partition coefficient (Wildman–Crippen LogP) is 4.19. The number of benzene rings is 3. The largest absolute Gasteiger partial charge is 0.399 e. The van der Waals surface area contributed by atoms with Gasteiger partial charge in [0.25, 0.3) is 10.0 Å². The van der Waals surface area contributed by atoms with Gasteiger partial charge in [-0.25, -0.2) is 13.4 Å². The molecule has 0 bridgehead atoms. The lowest BCUT2D eigenvalue weighted by Gasteiger charge is -2.12. The van der Waals surface area contributed by atoms with E-state index in [0.29, 0.717) is 17.1 Å². The van der Waals surface area contributed by atoms with Crippen molar-refractivity contribution < 1.29 is 8.42 Å². The Morgan fingerprint density at radius 3 is 1.86 bits per heavy atom. The molecule has 4 rings (SSSR count). The van der Waals surface area contributed by atoms with Crippen molar-refractivity contribution in [3.63, 3.8) is 0 Å². The van der Waals surface area contributed by atoms with Gasteiger partial charge in [-0.3, -0.25) is 9.71 Å². The Bertz CT molecular complexity index is 1230. The fraction of sp³-hybridized carbons (Fsp3) is 0. The molecular formula is C22H18N4O2S. The van der Waals surface area contributed by atoms with Gasteiger partial charge in [-0.15, -0.1) is 0 Å². The van der Waals surface area contributed by atoms with Crippen LogP contribution in [0.15, 0.2) is 96.0 Å². The molecule has 0 fully saturated rings. The standard InChI is InChI=1S/C22H18N4O2S/c23-18-11-13-19(14-12-18)29(27,28)26-20-15-24-21(16-7-3-1-4-8-16)22(25-20)17-9-5-2-6-10-17/h1-15H,23H2,(H,25,26). The van der Waals surface area contributed by atoms with E-state index in [0.717, 1.165) is 11.1 Å². The maximum atomic E-state index is 12.7. The van der Waals surface area contributed by atoms with E-state index < -0.39 is 10.0 Å². The molecule has 0 spiro atoms. The molecule has 0 aliphatic rings. The third kappa shape index (κ3) is 4.09. The summed E-state index contributed by atoms with van der Waals surface area (Å²) in [5.41, 5.74) is 9.13. The number of rotatable bonds is 5. The van der Waals surface area contributed by atoms with E-state index in [4.69, 9.17) is 5.73 Å². The lowest BCUT2D eigenvalue weighted by Crippen LogP contribution is -2.14. The summed E-state index contributed by atoms with van der Waals surface area (Å²) >= 11 is 0. The Morgan fingerprint density at radius 2 is 1.28 bits per heavy atom. The Labute approximate surface area is 169 Å². The molecule has 7 heteroatoms. The van der Waals surface area contributed by atoms with Gasteiger partial charge in [0.1, 0.15) is 0 Å². The van der Waals surface area contributed by atoms with Crippen LogP contribution >= 0.6 is 0 Å². The number of nitrogens with one attached hydrogen (secondary N) is 1. The molecule has 29 heavy (non-hydrogen) atoms. The minimum Gasteiger partial charge on any atom is -0.399 e. The number of nitrogens with zero attached hydrogens (tertiary/aromatic N) is 2. The van der Waals surface area contributed by atoms with Gasteiger partial charge < -0.3 is 5.73 Å². The SMILES string of the molecule is Nc1ccc(S(=O)(=O)Nc2cnc(-c3ccccc3)c(-c3ccccc3)n2)cc1. The van der Waals surface area contributed by atoms with Crippen LogP contribution in [-0.2, 0) is 10.0 Å². The Kier molecular flexibility index (Phi) is 4.97. The second-order valence-electron chi connectivity index (χ2n) is 6.36. The summed E-state index contributed by atoms with van der Waals surface area (Å²) in [6.45, 7) is 0. The average molecular weight is 402 g/mol. The highest BCUT2D eigenvalue weighted by molar-refractivity contribution is 7.92. The quantitative estimate of drug-likeness (QED) is 0.488. The molecule has 0 atom stereocenters. The van der Waals surface area contributed by atoms with Crippen LogP contribution in [0.4, 0.5) is 11.5 Å². The summed E-state index contributed by atoms with van der Waals surface area (Å²) in [5.74, 6) is 0.139. The lowest BCUT2D eigenvalue weighted by atomic mass is 10.0. The number of nitrogens with two attached hydrogens (primary N) is 1. The molecule has 0 unspecified atom stereocenters. The zero-order valence-corrected chi connectivity index (χ0v) is 16.2. The van der Waals surface area contributed by atoms with Crippen molar-refractivity contribution in [1.82, 2.24) is 9.97 Å². The summed E-state index contributed by atoms with van der Waals surface area (Å²) in [6.07, 6.45) is 1.42. The molecule has 0 saturated carbocycles.